The molecule has 3 amide bonds. The molecule has 0 aromatic heterocycles. The molecule has 0 spiro atoms. The Morgan fingerprint density at radius 1 is 1.19 bits per heavy atom. The van der Waals surface area contributed by atoms with Crippen LogP contribution in [0.3, 0.4) is 0 Å². The fraction of sp³-hybridized carbons (Fsp3) is 0.263. The van der Waals surface area contributed by atoms with Crippen LogP contribution < -0.4 is 15.5 Å². The van der Waals surface area contributed by atoms with E-state index in [0.29, 0.717) is 34.9 Å². The van der Waals surface area contributed by atoms with Crippen LogP contribution in [0.1, 0.15) is 17.5 Å². The minimum absolute atomic E-state index is 0.214. The first-order valence-corrected chi connectivity index (χ1v) is 8.64. The van der Waals surface area contributed by atoms with E-state index in [9.17, 15) is 14.0 Å². The van der Waals surface area contributed by atoms with E-state index < -0.39 is 12.1 Å². The molecule has 2 aromatic rings. The molecule has 0 saturated carbocycles. The zero-order chi connectivity index (χ0) is 18.8. The van der Waals surface area contributed by atoms with Crippen LogP contribution in [0.25, 0.3) is 0 Å². The summed E-state index contributed by atoms with van der Waals surface area (Å²) in [5.41, 5.74) is 2.56. The van der Waals surface area contributed by atoms with Crippen molar-refractivity contribution in [3.8, 4) is 0 Å². The first kappa shape index (κ1) is 18.2. The van der Waals surface area contributed by atoms with Gasteiger partial charge in [-0.05, 0) is 61.7 Å². The van der Waals surface area contributed by atoms with Crippen molar-refractivity contribution < 1.29 is 14.0 Å². The lowest BCUT2D eigenvalue weighted by molar-refractivity contribution is -0.118. The summed E-state index contributed by atoms with van der Waals surface area (Å²) in [4.78, 5) is 26.4. The zero-order valence-corrected chi connectivity index (χ0v) is 15.2. The fourth-order valence-electron chi connectivity index (χ4n) is 2.91. The molecule has 1 saturated heterocycles. The third-order valence-corrected chi connectivity index (χ3v) is 4.65. The van der Waals surface area contributed by atoms with E-state index in [1.807, 2.05) is 6.92 Å². The molecule has 0 radical (unpaired) electrons. The lowest BCUT2D eigenvalue weighted by Gasteiger charge is -2.18. The van der Waals surface area contributed by atoms with Crippen LogP contribution in [-0.4, -0.2) is 24.5 Å². The Kier molecular flexibility index (Phi) is 5.13. The predicted octanol–water partition coefficient (Wildman–Crippen LogP) is 4.02. The van der Waals surface area contributed by atoms with Crippen LogP contribution in [0.5, 0.6) is 0 Å². The minimum Gasteiger partial charge on any atom is -0.326 e. The molecule has 1 aliphatic rings. The number of hydrogen-bond donors (Lipinski definition) is 2. The number of halogens is 2. The number of carbonyl (C=O) groups is 2. The van der Waals surface area contributed by atoms with Crippen LogP contribution >= 0.6 is 11.6 Å². The van der Waals surface area contributed by atoms with Gasteiger partial charge in [0.25, 0.3) is 0 Å². The molecular weight excluding hydrogens is 357 g/mol. The van der Waals surface area contributed by atoms with Gasteiger partial charge in [-0.15, -0.1) is 0 Å². The largest absolute Gasteiger partial charge is 0.326 e. The van der Waals surface area contributed by atoms with Crippen molar-refractivity contribution in [2.24, 2.45) is 0 Å². The maximum Gasteiger partial charge on any atom is 0.319 e. The highest BCUT2D eigenvalue weighted by Gasteiger charge is 2.33. The molecule has 1 atom stereocenters. The number of nitrogens with zero attached hydrogens (tertiary/aromatic N) is 1. The molecule has 26 heavy (non-hydrogen) atoms. The Bertz CT molecular complexity index is 872. The summed E-state index contributed by atoms with van der Waals surface area (Å²) in [6, 6.07) is 8.64. The van der Waals surface area contributed by atoms with Crippen molar-refractivity contribution in [2.75, 3.05) is 16.8 Å². The topological polar surface area (TPSA) is 61.4 Å². The molecule has 3 rings (SSSR count). The van der Waals surface area contributed by atoms with Gasteiger partial charge in [-0.3, -0.25) is 4.79 Å². The first-order valence-electron chi connectivity index (χ1n) is 8.26. The number of anilines is 2. The van der Waals surface area contributed by atoms with Crippen molar-refractivity contribution in [3.05, 3.63) is 58.4 Å². The molecule has 7 heteroatoms. The monoisotopic (exact) mass is 375 g/mol. The Hall–Kier alpha value is -2.60. The lowest BCUT2D eigenvalue weighted by atomic mass is 10.2. The Morgan fingerprint density at radius 2 is 1.96 bits per heavy atom. The van der Waals surface area contributed by atoms with E-state index in [1.165, 1.54) is 6.07 Å². The third-order valence-electron chi connectivity index (χ3n) is 4.41. The van der Waals surface area contributed by atoms with Gasteiger partial charge in [-0.1, -0.05) is 17.7 Å². The van der Waals surface area contributed by atoms with Crippen molar-refractivity contribution >= 4 is 34.9 Å². The van der Waals surface area contributed by atoms with Crippen LogP contribution in [-0.2, 0) is 4.79 Å². The van der Waals surface area contributed by atoms with Gasteiger partial charge >= 0.3 is 6.03 Å². The molecule has 0 bridgehead atoms. The molecule has 2 aromatic carbocycles. The van der Waals surface area contributed by atoms with E-state index in [2.05, 4.69) is 10.6 Å². The molecule has 1 aliphatic heterocycles. The number of urea groups is 1. The second-order valence-corrected chi connectivity index (χ2v) is 6.76. The van der Waals surface area contributed by atoms with E-state index in [4.69, 9.17) is 11.6 Å². The van der Waals surface area contributed by atoms with Gasteiger partial charge in [0, 0.05) is 22.9 Å². The van der Waals surface area contributed by atoms with Crippen LogP contribution in [0.2, 0.25) is 5.02 Å². The maximum atomic E-state index is 13.4. The summed E-state index contributed by atoms with van der Waals surface area (Å²) in [5, 5.41) is 5.92. The summed E-state index contributed by atoms with van der Waals surface area (Å²) in [5.74, 6) is -0.527. The third kappa shape index (κ3) is 3.80. The second kappa shape index (κ2) is 7.33. The van der Waals surface area contributed by atoms with Gasteiger partial charge in [-0.25, -0.2) is 9.18 Å². The predicted molar refractivity (Wildman–Crippen MR) is 100 cm³/mol. The van der Waals surface area contributed by atoms with Crippen molar-refractivity contribution in [1.82, 2.24) is 5.32 Å². The lowest BCUT2D eigenvalue weighted by Crippen LogP contribution is -2.43. The summed E-state index contributed by atoms with van der Waals surface area (Å²) in [7, 11) is 0. The van der Waals surface area contributed by atoms with Crippen molar-refractivity contribution in [1.29, 1.82) is 0 Å². The average Bonchev–Trinajstić information content (AvgIpc) is 2.94. The van der Waals surface area contributed by atoms with Crippen LogP contribution in [0, 0.1) is 19.7 Å². The molecule has 2 N–H and O–H groups in total. The van der Waals surface area contributed by atoms with Gasteiger partial charge in [0.15, 0.2) is 0 Å². The number of nitrogens with one attached hydrogen (secondary N) is 2. The maximum absolute atomic E-state index is 13.4. The first-order chi connectivity index (χ1) is 12.3. The van der Waals surface area contributed by atoms with Crippen LogP contribution in [0.15, 0.2) is 36.4 Å². The average molecular weight is 376 g/mol. The summed E-state index contributed by atoms with van der Waals surface area (Å²) >= 11 is 5.95. The van der Waals surface area contributed by atoms with E-state index >= 15 is 0 Å². The number of carbonyl (C=O) groups excluding carboxylic acids is 2. The van der Waals surface area contributed by atoms with Crippen molar-refractivity contribution in [3.63, 3.8) is 0 Å². The van der Waals surface area contributed by atoms with Gasteiger partial charge in [0.1, 0.15) is 11.9 Å². The highest BCUT2D eigenvalue weighted by molar-refractivity contribution is 6.31. The minimum atomic E-state index is -0.625. The molecule has 0 aliphatic carbocycles. The summed E-state index contributed by atoms with van der Waals surface area (Å²) in [6.45, 7) is 3.96. The summed E-state index contributed by atoms with van der Waals surface area (Å²) in [6.07, 6.45) is 0.483. The smallest absolute Gasteiger partial charge is 0.319 e. The fourth-order valence-corrected chi connectivity index (χ4v) is 3.08. The van der Waals surface area contributed by atoms with Gasteiger partial charge < -0.3 is 15.5 Å². The zero-order valence-electron chi connectivity index (χ0n) is 14.5. The second-order valence-electron chi connectivity index (χ2n) is 6.32. The normalized spacial score (nSPS) is 16.7. The van der Waals surface area contributed by atoms with Crippen molar-refractivity contribution in [2.45, 2.75) is 26.3 Å². The Labute approximate surface area is 156 Å². The Balaban J connectivity index is 1.65. The molecule has 136 valence electrons. The standard InChI is InChI=1S/C19H19ClFN3O2/c1-11-3-4-13(20)10-17(11)23-19(26)22-16-7-8-24(18(16)25)14-5-6-15(21)12(2)9-14/h3-6,9-10,16H,7-8H2,1-2H3,(H2,22,23,26)/t16-/m0/s1. The van der Waals surface area contributed by atoms with E-state index in [-0.39, 0.29) is 11.7 Å². The highest BCUT2D eigenvalue weighted by atomic mass is 35.5. The highest BCUT2D eigenvalue weighted by Crippen LogP contribution is 2.24. The number of aryl methyl sites for hydroxylation is 2. The number of amides is 3. The van der Waals surface area contributed by atoms with Gasteiger partial charge in [-0.2, -0.15) is 0 Å². The molecule has 0 unspecified atom stereocenters. The molecule has 5 nitrogen and oxygen atoms in total. The SMILES string of the molecule is Cc1cc(N2CC[C@H](NC(=O)Nc3cc(Cl)ccc3C)C2=O)ccc1F. The molecule has 1 fully saturated rings. The number of benzene rings is 2. The Morgan fingerprint density at radius 3 is 2.69 bits per heavy atom. The van der Waals surface area contributed by atoms with Gasteiger partial charge in [0.05, 0.1) is 0 Å². The summed E-state index contributed by atoms with van der Waals surface area (Å²) < 4.78 is 13.4. The molecule has 1 heterocycles. The molecular formula is C19H19ClFN3O2. The van der Waals surface area contributed by atoms with Crippen LogP contribution in [0.4, 0.5) is 20.6 Å². The number of rotatable bonds is 3. The van der Waals surface area contributed by atoms with E-state index in [0.717, 1.165) is 5.56 Å². The van der Waals surface area contributed by atoms with Gasteiger partial charge in [0.2, 0.25) is 5.91 Å². The number of hydrogen-bond acceptors (Lipinski definition) is 2. The quantitative estimate of drug-likeness (QED) is 0.851. The van der Waals surface area contributed by atoms with E-state index in [1.54, 1.807) is 42.2 Å².